The van der Waals surface area contributed by atoms with Crippen molar-refractivity contribution in [3.8, 4) is 11.5 Å². The number of aryl methyl sites for hydroxylation is 2. The molecule has 1 aliphatic rings. The van der Waals surface area contributed by atoms with Crippen LogP contribution in [0.1, 0.15) is 58.7 Å². The molecule has 0 bridgehead atoms. The topological polar surface area (TPSA) is 59.1 Å². The van der Waals surface area contributed by atoms with Gasteiger partial charge in [-0.1, -0.05) is 23.8 Å². The molecule has 1 aromatic heterocycles. The fraction of sp³-hybridized carbons (Fsp3) is 0.400. The Labute approximate surface area is 223 Å². The highest BCUT2D eigenvalue weighted by Crippen LogP contribution is 2.35. The zero-order valence-electron chi connectivity index (χ0n) is 22.5. The lowest BCUT2D eigenvalue weighted by molar-refractivity contribution is -0.136. The molecule has 0 aliphatic carbocycles. The zero-order chi connectivity index (χ0) is 26.7. The van der Waals surface area contributed by atoms with Crippen molar-refractivity contribution >= 4 is 23.2 Å². The summed E-state index contributed by atoms with van der Waals surface area (Å²) in [5.41, 5.74) is 3.33. The zero-order valence-corrected chi connectivity index (χ0v) is 23.4. The van der Waals surface area contributed by atoms with E-state index in [1.807, 2.05) is 44.7 Å². The van der Waals surface area contributed by atoms with Crippen LogP contribution < -0.4 is 9.47 Å². The first-order valence-electron chi connectivity index (χ1n) is 12.6. The van der Waals surface area contributed by atoms with Crippen LogP contribution >= 0.6 is 11.3 Å². The molecule has 0 N–H and O–H groups in total. The van der Waals surface area contributed by atoms with Crippen molar-refractivity contribution in [3.63, 3.8) is 0 Å². The minimum Gasteiger partial charge on any atom is -0.497 e. The highest BCUT2D eigenvalue weighted by Gasteiger charge is 2.36. The molecule has 1 aliphatic heterocycles. The van der Waals surface area contributed by atoms with E-state index in [9.17, 15) is 9.59 Å². The molecule has 1 atom stereocenters. The van der Waals surface area contributed by atoms with Gasteiger partial charge in [0.2, 0.25) is 5.91 Å². The summed E-state index contributed by atoms with van der Waals surface area (Å²) in [5.74, 6) is 1.15. The van der Waals surface area contributed by atoms with Crippen LogP contribution in [0.25, 0.3) is 0 Å². The number of ether oxygens (including phenoxy) is 2. The Morgan fingerprint density at radius 2 is 1.89 bits per heavy atom. The third-order valence-corrected chi connectivity index (χ3v) is 7.80. The van der Waals surface area contributed by atoms with E-state index in [2.05, 4.69) is 24.4 Å². The molecule has 4 rings (SSSR count). The van der Waals surface area contributed by atoms with Crippen LogP contribution in [-0.4, -0.2) is 54.0 Å². The van der Waals surface area contributed by atoms with Crippen molar-refractivity contribution in [3.05, 3.63) is 81.0 Å². The first-order valence-corrected chi connectivity index (χ1v) is 13.5. The summed E-state index contributed by atoms with van der Waals surface area (Å²) in [6.45, 7) is 10.9. The van der Waals surface area contributed by atoms with E-state index in [4.69, 9.17) is 9.47 Å². The average Bonchev–Trinajstić information content (AvgIpc) is 3.34. The molecule has 0 saturated carbocycles. The molecule has 7 heteroatoms. The molecule has 2 heterocycles. The lowest BCUT2D eigenvalue weighted by Gasteiger charge is -2.40. The van der Waals surface area contributed by atoms with Crippen molar-refractivity contribution < 1.29 is 19.1 Å². The Kier molecular flexibility index (Phi) is 7.93. The van der Waals surface area contributed by atoms with Crippen molar-refractivity contribution in [2.75, 3.05) is 26.8 Å². The van der Waals surface area contributed by atoms with Crippen LogP contribution in [0.5, 0.6) is 11.5 Å². The minimum absolute atomic E-state index is 0.0148. The van der Waals surface area contributed by atoms with Crippen molar-refractivity contribution in [2.24, 2.45) is 0 Å². The molecule has 3 aromatic rings. The third kappa shape index (κ3) is 5.99. The van der Waals surface area contributed by atoms with E-state index in [1.54, 1.807) is 47.6 Å². The molecular weight excluding hydrogens is 484 g/mol. The smallest absolute Gasteiger partial charge is 0.254 e. The van der Waals surface area contributed by atoms with Gasteiger partial charge in [-0.2, -0.15) is 0 Å². The molecule has 2 aromatic carbocycles. The van der Waals surface area contributed by atoms with Gasteiger partial charge in [-0.25, -0.2) is 0 Å². The quantitative estimate of drug-likeness (QED) is 0.394. The van der Waals surface area contributed by atoms with Gasteiger partial charge in [0.15, 0.2) is 0 Å². The fourth-order valence-electron chi connectivity index (χ4n) is 4.76. The standard InChI is InChI=1S/C30H36N2O4S/c1-20-10-11-26(21(2)16-20)36-19-25-24-13-15-37-27(24)12-14-31(25)28(33)18-32(30(3,4)5)29(34)22-8-7-9-23(17-22)35-6/h7-11,13,15-17,25H,12,14,18-19H2,1-6H3. The van der Waals surface area contributed by atoms with Gasteiger partial charge in [0.25, 0.3) is 5.91 Å². The Hall–Kier alpha value is -3.32. The summed E-state index contributed by atoms with van der Waals surface area (Å²) >= 11 is 1.72. The van der Waals surface area contributed by atoms with E-state index in [0.717, 1.165) is 23.3 Å². The number of thiophene rings is 1. The van der Waals surface area contributed by atoms with Crippen LogP contribution in [-0.2, 0) is 11.2 Å². The van der Waals surface area contributed by atoms with E-state index < -0.39 is 5.54 Å². The number of hydrogen-bond donors (Lipinski definition) is 0. The highest BCUT2D eigenvalue weighted by atomic mass is 32.1. The monoisotopic (exact) mass is 520 g/mol. The predicted molar refractivity (Wildman–Crippen MR) is 148 cm³/mol. The van der Waals surface area contributed by atoms with Gasteiger partial charge in [0, 0.05) is 22.5 Å². The number of nitrogens with zero attached hydrogens (tertiary/aromatic N) is 2. The summed E-state index contributed by atoms with van der Waals surface area (Å²) in [4.78, 5) is 32.2. The van der Waals surface area contributed by atoms with Crippen LogP contribution in [0.3, 0.4) is 0 Å². The summed E-state index contributed by atoms with van der Waals surface area (Å²) in [6, 6.07) is 15.1. The van der Waals surface area contributed by atoms with E-state index in [-0.39, 0.29) is 24.4 Å². The number of fused-ring (bicyclic) bond motifs is 1. The van der Waals surface area contributed by atoms with Crippen LogP contribution in [0.2, 0.25) is 0 Å². The van der Waals surface area contributed by atoms with Gasteiger partial charge >= 0.3 is 0 Å². The molecule has 1 unspecified atom stereocenters. The number of rotatable bonds is 7. The summed E-state index contributed by atoms with van der Waals surface area (Å²) in [6.07, 6.45) is 0.804. The van der Waals surface area contributed by atoms with Gasteiger partial charge in [0.1, 0.15) is 24.7 Å². The van der Waals surface area contributed by atoms with E-state index in [0.29, 0.717) is 24.5 Å². The minimum atomic E-state index is -0.551. The van der Waals surface area contributed by atoms with Gasteiger partial charge < -0.3 is 19.3 Å². The lowest BCUT2D eigenvalue weighted by Crippen LogP contribution is -2.53. The molecule has 196 valence electrons. The molecule has 0 saturated heterocycles. The fourth-order valence-corrected chi connectivity index (χ4v) is 5.68. The Bertz CT molecular complexity index is 1280. The van der Waals surface area contributed by atoms with Crippen LogP contribution in [0.4, 0.5) is 0 Å². The first kappa shape index (κ1) is 26.7. The maximum Gasteiger partial charge on any atom is 0.254 e. The second kappa shape index (κ2) is 11.0. The maximum absolute atomic E-state index is 13.8. The second-order valence-electron chi connectivity index (χ2n) is 10.5. The average molecular weight is 521 g/mol. The van der Waals surface area contributed by atoms with Gasteiger partial charge in [-0.15, -0.1) is 11.3 Å². The molecule has 0 radical (unpaired) electrons. The van der Waals surface area contributed by atoms with Gasteiger partial charge in [0.05, 0.1) is 13.2 Å². The Morgan fingerprint density at radius 3 is 2.59 bits per heavy atom. The van der Waals surface area contributed by atoms with Crippen molar-refractivity contribution in [2.45, 2.75) is 52.6 Å². The largest absolute Gasteiger partial charge is 0.497 e. The predicted octanol–water partition coefficient (Wildman–Crippen LogP) is 5.82. The molecule has 0 fully saturated rings. The number of carbonyl (C=O) groups is 2. The van der Waals surface area contributed by atoms with Crippen molar-refractivity contribution in [1.29, 1.82) is 0 Å². The normalized spacial score (nSPS) is 15.2. The maximum atomic E-state index is 13.8. The summed E-state index contributed by atoms with van der Waals surface area (Å²) < 4.78 is 11.6. The number of methoxy groups -OCH3 is 1. The third-order valence-electron chi connectivity index (χ3n) is 6.81. The summed E-state index contributed by atoms with van der Waals surface area (Å²) in [7, 11) is 1.57. The van der Waals surface area contributed by atoms with Crippen molar-refractivity contribution in [1.82, 2.24) is 9.80 Å². The highest BCUT2D eigenvalue weighted by molar-refractivity contribution is 7.10. The SMILES string of the molecule is COc1cccc(C(=O)N(CC(=O)N2CCc3sccc3C2COc2ccc(C)cc2C)C(C)(C)C)c1. The molecule has 37 heavy (non-hydrogen) atoms. The molecule has 0 spiro atoms. The molecular formula is C30H36N2O4S. The number of carbonyl (C=O) groups excluding carboxylic acids is 2. The lowest BCUT2D eigenvalue weighted by atomic mass is 9.99. The molecule has 6 nitrogen and oxygen atoms in total. The number of benzene rings is 2. The van der Waals surface area contributed by atoms with Crippen LogP contribution in [0, 0.1) is 13.8 Å². The Balaban J connectivity index is 1.57. The molecule has 2 amide bonds. The summed E-state index contributed by atoms with van der Waals surface area (Å²) in [5, 5.41) is 2.08. The second-order valence-corrected chi connectivity index (χ2v) is 11.5. The number of hydrogen-bond acceptors (Lipinski definition) is 5. The van der Waals surface area contributed by atoms with Gasteiger partial charge in [-0.3, -0.25) is 9.59 Å². The van der Waals surface area contributed by atoms with E-state index >= 15 is 0 Å². The van der Waals surface area contributed by atoms with Crippen LogP contribution in [0.15, 0.2) is 53.9 Å². The Morgan fingerprint density at radius 1 is 1.11 bits per heavy atom. The first-order chi connectivity index (χ1) is 17.6. The van der Waals surface area contributed by atoms with Gasteiger partial charge in [-0.05, 0) is 87.9 Å². The number of amides is 2. The van der Waals surface area contributed by atoms with E-state index in [1.165, 1.54) is 10.4 Å².